The lowest BCUT2D eigenvalue weighted by molar-refractivity contribution is 0.569. The highest BCUT2D eigenvalue weighted by Crippen LogP contribution is 2.39. The summed E-state index contributed by atoms with van der Waals surface area (Å²) in [6.07, 6.45) is 2.66. The second kappa shape index (κ2) is 8.22. The van der Waals surface area contributed by atoms with Crippen molar-refractivity contribution in [2.24, 2.45) is 0 Å². The number of nitrogens with zero attached hydrogens (tertiary/aromatic N) is 2. The zero-order valence-corrected chi connectivity index (χ0v) is 17.9. The molecular formula is C25H31FN2. The summed E-state index contributed by atoms with van der Waals surface area (Å²) < 4.78 is 18.9. The number of benzene rings is 2. The predicted octanol–water partition coefficient (Wildman–Crippen LogP) is 7.48. The first-order chi connectivity index (χ1) is 13.6. The number of aromatic nitrogens is 2. The van der Waals surface area contributed by atoms with Gasteiger partial charge in [-0.05, 0) is 43.5 Å². The molecule has 0 saturated heterocycles. The minimum atomic E-state index is -0.120. The smallest absolute Gasteiger partial charge is 0.148 e. The van der Waals surface area contributed by atoms with Crippen molar-refractivity contribution in [1.29, 1.82) is 0 Å². The number of halogens is 1. The number of rotatable bonds is 0. The lowest BCUT2D eigenvalue weighted by atomic mass is 10.0. The largest absolute Gasteiger partial charge is 0.344 e. The fourth-order valence-corrected chi connectivity index (χ4v) is 4.30. The Morgan fingerprint density at radius 1 is 0.893 bits per heavy atom. The molecule has 5 rings (SSSR count). The summed E-state index contributed by atoms with van der Waals surface area (Å²) in [4.78, 5) is 0. The van der Waals surface area contributed by atoms with E-state index >= 15 is 0 Å². The van der Waals surface area contributed by atoms with Crippen LogP contribution in [-0.2, 0) is 13.1 Å². The van der Waals surface area contributed by atoms with Crippen LogP contribution in [0.1, 0.15) is 45.2 Å². The number of hydrogen-bond acceptors (Lipinski definition) is 0. The Kier molecular flexibility index (Phi) is 5.93. The van der Waals surface area contributed by atoms with Crippen LogP contribution in [0.4, 0.5) is 4.39 Å². The van der Waals surface area contributed by atoms with Crippen LogP contribution < -0.4 is 0 Å². The fraction of sp³-hybridized carbons (Fsp3) is 0.360. The summed E-state index contributed by atoms with van der Waals surface area (Å²) in [7, 11) is 0. The fourth-order valence-electron chi connectivity index (χ4n) is 4.30. The molecule has 2 aromatic heterocycles. The van der Waals surface area contributed by atoms with Crippen molar-refractivity contribution in [3.63, 3.8) is 0 Å². The number of fused-ring (bicyclic) bond motifs is 4. The molecule has 0 saturated carbocycles. The maximum absolute atomic E-state index is 14.4. The van der Waals surface area contributed by atoms with Gasteiger partial charge >= 0.3 is 0 Å². The van der Waals surface area contributed by atoms with Crippen molar-refractivity contribution in [3.8, 4) is 11.3 Å². The SMILES string of the molecule is CC.CC.Cc1ccc2c(C)c3n(c2c1)CCCn1cc(F)c2cccc-3c21. The highest BCUT2D eigenvalue weighted by atomic mass is 19.1. The summed E-state index contributed by atoms with van der Waals surface area (Å²) in [6.45, 7) is 14.1. The van der Waals surface area contributed by atoms with Gasteiger partial charge in [0, 0.05) is 41.1 Å². The first kappa shape index (κ1) is 20.2. The Morgan fingerprint density at radius 2 is 1.64 bits per heavy atom. The summed E-state index contributed by atoms with van der Waals surface area (Å²) in [5.41, 5.74) is 7.26. The van der Waals surface area contributed by atoms with Gasteiger partial charge in [-0.25, -0.2) is 4.39 Å². The van der Waals surface area contributed by atoms with Crippen molar-refractivity contribution >= 4 is 21.8 Å². The molecule has 148 valence electrons. The van der Waals surface area contributed by atoms with Gasteiger partial charge in [0.15, 0.2) is 0 Å². The maximum Gasteiger partial charge on any atom is 0.148 e. The van der Waals surface area contributed by atoms with Crippen molar-refractivity contribution in [2.75, 3.05) is 0 Å². The van der Waals surface area contributed by atoms with Gasteiger partial charge < -0.3 is 9.13 Å². The highest BCUT2D eigenvalue weighted by Gasteiger charge is 2.22. The minimum Gasteiger partial charge on any atom is -0.344 e. The monoisotopic (exact) mass is 378 g/mol. The van der Waals surface area contributed by atoms with E-state index in [-0.39, 0.29) is 5.82 Å². The van der Waals surface area contributed by atoms with Gasteiger partial charge in [-0.3, -0.25) is 0 Å². The first-order valence-corrected chi connectivity index (χ1v) is 10.5. The molecule has 0 N–H and O–H groups in total. The molecule has 0 amide bonds. The second-order valence-corrected chi connectivity index (χ2v) is 6.87. The molecule has 0 aliphatic carbocycles. The minimum absolute atomic E-state index is 0.120. The van der Waals surface area contributed by atoms with Crippen molar-refractivity contribution < 1.29 is 4.39 Å². The van der Waals surface area contributed by atoms with Gasteiger partial charge in [0.25, 0.3) is 0 Å². The standard InChI is InChI=1S/C21H19FN2.2C2H6/c1-13-7-8-15-14(2)20-17-6-3-5-16-18(22)12-23(21(16)17)9-4-10-24(20)19(15)11-13;2*1-2/h3,5-8,11-12H,4,9-10H2,1-2H3;2*1-2H3. The van der Waals surface area contributed by atoms with Crippen LogP contribution in [-0.4, -0.2) is 9.13 Å². The Morgan fingerprint density at radius 3 is 2.39 bits per heavy atom. The van der Waals surface area contributed by atoms with Crippen molar-refractivity contribution in [1.82, 2.24) is 9.13 Å². The van der Waals surface area contributed by atoms with E-state index < -0.39 is 0 Å². The van der Waals surface area contributed by atoms with Crippen LogP contribution in [0.5, 0.6) is 0 Å². The Labute approximate surface area is 167 Å². The van der Waals surface area contributed by atoms with Crippen LogP contribution in [0.3, 0.4) is 0 Å². The molecular weight excluding hydrogens is 347 g/mol. The lowest BCUT2D eigenvalue weighted by Crippen LogP contribution is -2.09. The van der Waals surface area contributed by atoms with Crippen LogP contribution >= 0.6 is 0 Å². The van der Waals surface area contributed by atoms with Crippen LogP contribution in [0.15, 0.2) is 42.6 Å². The van der Waals surface area contributed by atoms with E-state index in [9.17, 15) is 4.39 Å². The average Bonchev–Trinajstić information content (AvgIpc) is 3.18. The Hall–Kier alpha value is -2.55. The van der Waals surface area contributed by atoms with E-state index in [0.717, 1.165) is 36.0 Å². The Bertz CT molecular complexity index is 1110. The quantitative estimate of drug-likeness (QED) is 0.300. The normalized spacial score (nSPS) is 12.4. The Balaban J connectivity index is 0.000000531. The van der Waals surface area contributed by atoms with Gasteiger partial charge in [-0.1, -0.05) is 52.0 Å². The van der Waals surface area contributed by atoms with Gasteiger partial charge in [0.05, 0.1) is 11.2 Å². The molecule has 0 unspecified atom stereocenters. The van der Waals surface area contributed by atoms with Crippen LogP contribution in [0.2, 0.25) is 0 Å². The molecule has 2 aromatic carbocycles. The van der Waals surface area contributed by atoms with Gasteiger partial charge in [0.2, 0.25) is 0 Å². The zero-order valence-electron chi connectivity index (χ0n) is 17.9. The highest BCUT2D eigenvalue weighted by molar-refractivity contribution is 6.00. The summed E-state index contributed by atoms with van der Waals surface area (Å²) in [5, 5.41) is 2.02. The molecule has 0 radical (unpaired) electrons. The summed E-state index contributed by atoms with van der Waals surface area (Å²) in [5.74, 6) is -0.120. The topological polar surface area (TPSA) is 9.86 Å². The number of aryl methyl sites for hydroxylation is 4. The molecule has 28 heavy (non-hydrogen) atoms. The van der Waals surface area contributed by atoms with Crippen LogP contribution in [0.25, 0.3) is 33.1 Å². The summed E-state index contributed by atoms with van der Waals surface area (Å²) >= 11 is 0. The lowest BCUT2D eigenvalue weighted by Gasteiger charge is -2.18. The second-order valence-electron chi connectivity index (χ2n) is 6.87. The number of hydrogen-bond donors (Lipinski definition) is 0. The maximum atomic E-state index is 14.4. The molecule has 2 nitrogen and oxygen atoms in total. The van der Waals surface area contributed by atoms with Gasteiger partial charge in [-0.15, -0.1) is 0 Å². The molecule has 0 atom stereocenters. The molecule has 0 fully saturated rings. The van der Waals surface area contributed by atoms with Crippen molar-refractivity contribution in [3.05, 3.63) is 59.5 Å². The van der Waals surface area contributed by atoms with Crippen molar-refractivity contribution in [2.45, 2.75) is 61.1 Å². The van der Waals surface area contributed by atoms with E-state index in [0.29, 0.717) is 0 Å². The predicted molar refractivity (Wildman–Crippen MR) is 120 cm³/mol. The van der Waals surface area contributed by atoms with E-state index in [1.165, 1.54) is 27.7 Å². The first-order valence-electron chi connectivity index (χ1n) is 10.5. The molecule has 1 aliphatic rings. The van der Waals surface area contributed by atoms with E-state index in [4.69, 9.17) is 0 Å². The third kappa shape index (κ3) is 3.03. The number of para-hydroxylation sites is 1. The molecule has 3 heteroatoms. The van der Waals surface area contributed by atoms with Gasteiger partial charge in [-0.2, -0.15) is 0 Å². The molecule has 1 aliphatic heterocycles. The average molecular weight is 379 g/mol. The zero-order chi connectivity index (χ0) is 20.4. The third-order valence-corrected chi connectivity index (χ3v) is 5.36. The van der Waals surface area contributed by atoms with Gasteiger partial charge in [0.1, 0.15) is 5.82 Å². The molecule has 4 aromatic rings. The molecule has 3 heterocycles. The molecule has 0 spiro atoms. The molecule has 0 bridgehead atoms. The van der Waals surface area contributed by atoms with Crippen LogP contribution in [0, 0.1) is 19.7 Å². The van der Waals surface area contributed by atoms with E-state index in [2.05, 4.69) is 47.2 Å². The third-order valence-electron chi connectivity index (χ3n) is 5.36. The summed E-state index contributed by atoms with van der Waals surface area (Å²) in [6, 6.07) is 12.7. The van der Waals surface area contributed by atoms with E-state index in [1.54, 1.807) is 6.20 Å². The van der Waals surface area contributed by atoms with E-state index in [1.807, 2.05) is 39.8 Å².